The van der Waals surface area contributed by atoms with Crippen molar-refractivity contribution in [1.29, 1.82) is 0 Å². The highest BCUT2D eigenvalue weighted by atomic mass is 16.5. The minimum absolute atomic E-state index is 0.0969. The first-order valence-corrected chi connectivity index (χ1v) is 10.8. The smallest absolute Gasteiger partial charge is 0.259 e. The van der Waals surface area contributed by atoms with E-state index in [9.17, 15) is 9.59 Å². The maximum atomic E-state index is 13.3. The lowest BCUT2D eigenvalue weighted by molar-refractivity contribution is 0.0748. The zero-order valence-electron chi connectivity index (χ0n) is 18.8. The molecule has 0 unspecified atom stereocenters. The zero-order valence-corrected chi connectivity index (χ0v) is 18.8. The van der Waals surface area contributed by atoms with Gasteiger partial charge < -0.3 is 24.6 Å². The van der Waals surface area contributed by atoms with Crippen molar-refractivity contribution in [3.63, 3.8) is 0 Å². The monoisotopic (exact) mass is 445 g/mol. The first-order chi connectivity index (χ1) is 16.1. The summed E-state index contributed by atoms with van der Waals surface area (Å²) in [4.78, 5) is 30.4. The SMILES string of the molecule is COc1ccc(C(=O)Nc2ccccc2C(=O)N2CCN(c3ccccc3)CC2)c(OC)c1. The number of para-hydroxylation sites is 2. The van der Waals surface area contributed by atoms with Crippen LogP contribution in [-0.2, 0) is 0 Å². The number of nitrogens with one attached hydrogen (secondary N) is 1. The van der Waals surface area contributed by atoms with Crippen molar-refractivity contribution in [2.45, 2.75) is 0 Å². The quantitative estimate of drug-likeness (QED) is 0.623. The molecule has 3 aromatic rings. The number of nitrogens with zero attached hydrogens (tertiary/aromatic N) is 2. The maximum Gasteiger partial charge on any atom is 0.259 e. The summed E-state index contributed by atoms with van der Waals surface area (Å²) >= 11 is 0. The van der Waals surface area contributed by atoms with E-state index in [4.69, 9.17) is 9.47 Å². The fourth-order valence-electron chi connectivity index (χ4n) is 3.93. The van der Waals surface area contributed by atoms with Gasteiger partial charge in [0.1, 0.15) is 11.5 Å². The fourth-order valence-corrected chi connectivity index (χ4v) is 3.93. The van der Waals surface area contributed by atoms with E-state index in [1.165, 1.54) is 7.11 Å². The van der Waals surface area contributed by atoms with Crippen LogP contribution in [0.25, 0.3) is 0 Å². The summed E-state index contributed by atoms with van der Waals surface area (Å²) in [6.45, 7) is 2.74. The van der Waals surface area contributed by atoms with Crippen LogP contribution in [0.15, 0.2) is 72.8 Å². The molecule has 0 spiro atoms. The van der Waals surface area contributed by atoms with Gasteiger partial charge in [0.25, 0.3) is 11.8 Å². The Bertz CT molecular complexity index is 1130. The van der Waals surface area contributed by atoms with Gasteiger partial charge in [0, 0.05) is 37.9 Å². The summed E-state index contributed by atoms with van der Waals surface area (Å²) in [6, 6.07) is 22.3. The molecule has 1 saturated heterocycles. The van der Waals surface area contributed by atoms with E-state index in [2.05, 4.69) is 22.3 Å². The van der Waals surface area contributed by atoms with Crippen molar-refractivity contribution in [2.75, 3.05) is 50.6 Å². The van der Waals surface area contributed by atoms with Gasteiger partial charge in [0.15, 0.2) is 0 Å². The van der Waals surface area contributed by atoms with Crippen LogP contribution in [0.3, 0.4) is 0 Å². The molecule has 1 aliphatic heterocycles. The first kappa shape index (κ1) is 22.2. The van der Waals surface area contributed by atoms with E-state index in [1.807, 2.05) is 23.1 Å². The van der Waals surface area contributed by atoms with E-state index in [0.717, 1.165) is 18.8 Å². The minimum atomic E-state index is -0.358. The first-order valence-electron chi connectivity index (χ1n) is 10.8. The van der Waals surface area contributed by atoms with E-state index < -0.39 is 0 Å². The van der Waals surface area contributed by atoms with Gasteiger partial charge in [0.2, 0.25) is 0 Å². The molecule has 7 nitrogen and oxygen atoms in total. The number of benzene rings is 3. The Morgan fingerprint density at radius 2 is 1.48 bits per heavy atom. The fraction of sp³-hybridized carbons (Fsp3) is 0.231. The molecule has 33 heavy (non-hydrogen) atoms. The Morgan fingerprint density at radius 1 is 0.788 bits per heavy atom. The van der Waals surface area contributed by atoms with E-state index >= 15 is 0 Å². The highest BCUT2D eigenvalue weighted by Gasteiger charge is 2.25. The predicted molar refractivity (Wildman–Crippen MR) is 128 cm³/mol. The van der Waals surface area contributed by atoms with Gasteiger partial charge in [-0.25, -0.2) is 0 Å². The molecule has 2 amide bonds. The van der Waals surface area contributed by atoms with Crippen molar-refractivity contribution >= 4 is 23.2 Å². The van der Waals surface area contributed by atoms with E-state index in [1.54, 1.807) is 49.6 Å². The zero-order chi connectivity index (χ0) is 23.2. The Kier molecular flexibility index (Phi) is 6.78. The number of amides is 2. The molecule has 0 aliphatic carbocycles. The second-order valence-corrected chi connectivity index (χ2v) is 7.68. The molecule has 0 bridgehead atoms. The number of carbonyl (C=O) groups excluding carboxylic acids is 2. The lowest BCUT2D eigenvalue weighted by Gasteiger charge is -2.36. The number of hydrogen-bond acceptors (Lipinski definition) is 5. The van der Waals surface area contributed by atoms with Gasteiger partial charge in [0.05, 0.1) is 31.0 Å². The number of ether oxygens (including phenoxy) is 2. The summed E-state index contributed by atoms with van der Waals surface area (Å²) in [7, 11) is 3.05. The summed E-state index contributed by atoms with van der Waals surface area (Å²) < 4.78 is 10.5. The minimum Gasteiger partial charge on any atom is -0.497 e. The van der Waals surface area contributed by atoms with Crippen molar-refractivity contribution in [3.8, 4) is 11.5 Å². The number of rotatable bonds is 6. The summed E-state index contributed by atoms with van der Waals surface area (Å²) in [5.74, 6) is 0.533. The molecule has 0 atom stereocenters. The Hall–Kier alpha value is -4.00. The molecule has 0 saturated carbocycles. The van der Waals surface area contributed by atoms with Crippen LogP contribution in [0.2, 0.25) is 0 Å². The molecular formula is C26H27N3O4. The number of anilines is 2. The highest BCUT2D eigenvalue weighted by Crippen LogP contribution is 2.27. The van der Waals surface area contributed by atoms with Crippen LogP contribution in [0.1, 0.15) is 20.7 Å². The van der Waals surface area contributed by atoms with Crippen LogP contribution in [0.5, 0.6) is 11.5 Å². The van der Waals surface area contributed by atoms with Crippen molar-refractivity contribution < 1.29 is 19.1 Å². The van der Waals surface area contributed by atoms with Crippen molar-refractivity contribution in [1.82, 2.24) is 4.90 Å². The third kappa shape index (κ3) is 4.92. The number of carbonyl (C=O) groups is 2. The molecule has 0 aromatic heterocycles. The number of methoxy groups -OCH3 is 2. The molecule has 1 N–H and O–H groups in total. The summed E-state index contributed by atoms with van der Waals surface area (Å²) in [5.41, 5.74) is 2.45. The normalized spacial score (nSPS) is 13.4. The second kappa shape index (κ2) is 10.1. The summed E-state index contributed by atoms with van der Waals surface area (Å²) in [5, 5.41) is 2.88. The van der Waals surface area contributed by atoms with Gasteiger partial charge in [-0.05, 0) is 36.4 Å². The molecule has 170 valence electrons. The topological polar surface area (TPSA) is 71.1 Å². The lowest BCUT2D eigenvalue weighted by atomic mass is 10.1. The second-order valence-electron chi connectivity index (χ2n) is 7.68. The van der Waals surface area contributed by atoms with E-state index in [-0.39, 0.29) is 11.8 Å². The van der Waals surface area contributed by atoms with Gasteiger partial charge in [-0.3, -0.25) is 9.59 Å². The van der Waals surface area contributed by atoms with Crippen LogP contribution in [0.4, 0.5) is 11.4 Å². The third-order valence-corrected chi connectivity index (χ3v) is 5.75. The number of hydrogen-bond donors (Lipinski definition) is 1. The third-order valence-electron chi connectivity index (χ3n) is 5.75. The standard InChI is InChI=1S/C26H27N3O4/c1-32-20-12-13-22(24(18-20)33-2)25(30)27-23-11-7-6-10-21(23)26(31)29-16-14-28(15-17-29)19-8-4-3-5-9-19/h3-13,18H,14-17H2,1-2H3,(H,27,30). The molecular weight excluding hydrogens is 418 g/mol. The predicted octanol–water partition coefficient (Wildman–Crippen LogP) is 3.92. The van der Waals surface area contributed by atoms with Crippen LogP contribution < -0.4 is 19.7 Å². The lowest BCUT2D eigenvalue weighted by Crippen LogP contribution is -2.48. The molecule has 1 heterocycles. The number of piperazine rings is 1. The molecule has 7 heteroatoms. The largest absolute Gasteiger partial charge is 0.497 e. The molecule has 1 aliphatic rings. The Morgan fingerprint density at radius 3 is 2.18 bits per heavy atom. The highest BCUT2D eigenvalue weighted by molar-refractivity contribution is 6.10. The van der Waals surface area contributed by atoms with Crippen molar-refractivity contribution in [2.24, 2.45) is 0 Å². The molecule has 3 aromatic carbocycles. The Labute approximate surface area is 193 Å². The molecule has 0 radical (unpaired) electrons. The summed E-state index contributed by atoms with van der Waals surface area (Å²) in [6.07, 6.45) is 0. The van der Waals surface area contributed by atoms with Gasteiger partial charge >= 0.3 is 0 Å². The Balaban J connectivity index is 1.48. The average Bonchev–Trinajstić information content (AvgIpc) is 2.88. The van der Waals surface area contributed by atoms with Crippen LogP contribution in [-0.4, -0.2) is 57.1 Å². The molecule has 4 rings (SSSR count). The maximum absolute atomic E-state index is 13.3. The molecule has 1 fully saturated rings. The van der Waals surface area contributed by atoms with Gasteiger partial charge in [-0.15, -0.1) is 0 Å². The van der Waals surface area contributed by atoms with Crippen LogP contribution in [0, 0.1) is 0 Å². The average molecular weight is 446 g/mol. The van der Waals surface area contributed by atoms with E-state index in [0.29, 0.717) is 41.4 Å². The van der Waals surface area contributed by atoms with Gasteiger partial charge in [-0.2, -0.15) is 0 Å². The van der Waals surface area contributed by atoms with Crippen LogP contribution >= 0.6 is 0 Å². The van der Waals surface area contributed by atoms with Gasteiger partial charge in [-0.1, -0.05) is 30.3 Å². The van der Waals surface area contributed by atoms with Crippen molar-refractivity contribution in [3.05, 3.63) is 83.9 Å².